The molecule has 0 saturated carbocycles. The number of phenolic OH excluding ortho intramolecular Hbond substituents is 1. The van der Waals surface area contributed by atoms with Crippen molar-refractivity contribution in [3.05, 3.63) is 23.8 Å². The van der Waals surface area contributed by atoms with Crippen molar-refractivity contribution < 1.29 is 5.11 Å². The second-order valence-electron chi connectivity index (χ2n) is 3.37. The molecule has 2 N–H and O–H groups in total. The van der Waals surface area contributed by atoms with E-state index in [1.807, 2.05) is 19.2 Å². The van der Waals surface area contributed by atoms with Crippen molar-refractivity contribution in [1.29, 1.82) is 0 Å². The van der Waals surface area contributed by atoms with Gasteiger partial charge in [0.1, 0.15) is 5.75 Å². The molecule has 0 fully saturated rings. The minimum absolute atomic E-state index is 0.388. The lowest BCUT2D eigenvalue weighted by Crippen LogP contribution is -2.24. The van der Waals surface area contributed by atoms with Crippen molar-refractivity contribution in [3.8, 4) is 5.75 Å². The van der Waals surface area contributed by atoms with Crippen molar-refractivity contribution >= 4 is 5.69 Å². The molecule has 0 aromatic heterocycles. The molecule has 0 atom stereocenters. The molecule has 1 heterocycles. The Balaban J connectivity index is 2.47. The highest BCUT2D eigenvalue weighted by molar-refractivity contribution is 5.59. The molecule has 0 spiro atoms. The van der Waals surface area contributed by atoms with E-state index in [4.69, 9.17) is 0 Å². The molecule has 0 aliphatic carbocycles. The Bertz CT molecular complexity index is 312. The topological polar surface area (TPSA) is 35.5 Å². The van der Waals surface area contributed by atoms with Gasteiger partial charge in [-0.05, 0) is 12.1 Å². The Kier molecular flexibility index (Phi) is 2.10. The molecule has 1 aliphatic rings. The molecule has 0 bridgehead atoms. The summed E-state index contributed by atoms with van der Waals surface area (Å²) in [5, 5.41) is 12.9. The van der Waals surface area contributed by atoms with Crippen molar-refractivity contribution in [1.82, 2.24) is 5.32 Å². The number of hydrogen-bond acceptors (Lipinski definition) is 3. The molecular formula is C10H14N2O. The summed E-state index contributed by atoms with van der Waals surface area (Å²) in [6.07, 6.45) is 0. The molecule has 0 unspecified atom stereocenters. The zero-order chi connectivity index (χ0) is 9.26. The summed E-state index contributed by atoms with van der Waals surface area (Å²) >= 11 is 0. The van der Waals surface area contributed by atoms with Crippen LogP contribution in [0.15, 0.2) is 18.2 Å². The fourth-order valence-electron chi connectivity index (χ4n) is 1.68. The monoisotopic (exact) mass is 178 g/mol. The van der Waals surface area contributed by atoms with Crippen molar-refractivity contribution in [2.24, 2.45) is 0 Å². The van der Waals surface area contributed by atoms with E-state index in [1.165, 1.54) is 0 Å². The first kappa shape index (κ1) is 8.38. The van der Waals surface area contributed by atoms with E-state index in [1.54, 1.807) is 6.07 Å². The maximum Gasteiger partial charge on any atom is 0.122 e. The first-order valence-electron chi connectivity index (χ1n) is 4.52. The van der Waals surface area contributed by atoms with E-state index in [2.05, 4.69) is 10.2 Å². The van der Waals surface area contributed by atoms with Crippen LogP contribution >= 0.6 is 0 Å². The largest absolute Gasteiger partial charge is 0.508 e. The number of fused-ring (bicyclic) bond motifs is 1. The zero-order valence-corrected chi connectivity index (χ0v) is 7.75. The van der Waals surface area contributed by atoms with Gasteiger partial charge >= 0.3 is 0 Å². The first-order valence-corrected chi connectivity index (χ1v) is 4.52. The number of anilines is 1. The maximum absolute atomic E-state index is 9.63. The van der Waals surface area contributed by atoms with E-state index in [0.717, 1.165) is 30.9 Å². The van der Waals surface area contributed by atoms with Gasteiger partial charge in [-0.1, -0.05) is 6.07 Å². The lowest BCUT2D eigenvalue weighted by molar-refractivity contribution is 0.466. The van der Waals surface area contributed by atoms with Crippen LogP contribution in [-0.4, -0.2) is 25.2 Å². The van der Waals surface area contributed by atoms with Gasteiger partial charge in [0, 0.05) is 37.9 Å². The number of hydrogen-bond donors (Lipinski definition) is 2. The zero-order valence-electron chi connectivity index (χ0n) is 7.75. The summed E-state index contributed by atoms with van der Waals surface area (Å²) in [6, 6.07) is 5.66. The van der Waals surface area contributed by atoms with E-state index in [9.17, 15) is 5.11 Å². The highest BCUT2D eigenvalue weighted by Crippen LogP contribution is 2.28. The molecule has 3 nitrogen and oxygen atoms in total. The fraction of sp³-hybridized carbons (Fsp3) is 0.400. The van der Waals surface area contributed by atoms with Gasteiger partial charge < -0.3 is 15.3 Å². The first-order chi connectivity index (χ1) is 6.29. The lowest BCUT2D eigenvalue weighted by Gasteiger charge is -2.18. The van der Waals surface area contributed by atoms with Crippen molar-refractivity contribution in [3.63, 3.8) is 0 Å². The number of nitrogens with one attached hydrogen (secondary N) is 1. The smallest absolute Gasteiger partial charge is 0.122 e. The van der Waals surface area contributed by atoms with Gasteiger partial charge in [0.25, 0.3) is 0 Å². The third kappa shape index (κ3) is 1.47. The van der Waals surface area contributed by atoms with E-state index in [-0.39, 0.29) is 0 Å². The van der Waals surface area contributed by atoms with Crippen molar-refractivity contribution in [2.45, 2.75) is 6.54 Å². The Morgan fingerprint density at radius 2 is 2.31 bits per heavy atom. The standard InChI is InChI=1S/C10H14N2O/c1-12-6-5-11-7-8-9(12)3-2-4-10(8)13/h2-4,11,13H,5-7H2,1H3. The summed E-state index contributed by atoms with van der Waals surface area (Å²) in [6.45, 7) is 2.70. The summed E-state index contributed by atoms with van der Waals surface area (Å²) in [5.41, 5.74) is 2.13. The second-order valence-corrected chi connectivity index (χ2v) is 3.37. The van der Waals surface area contributed by atoms with Crippen LogP contribution in [0.4, 0.5) is 5.69 Å². The number of rotatable bonds is 0. The Labute approximate surface area is 78.0 Å². The molecule has 1 aromatic carbocycles. The van der Waals surface area contributed by atoms with Crippen LogP contribution < -0.4 is 10.2 Å². The molecule has 0 radical (unpaired) electrons. The molecule has 0 amide bonds. The van der Waals surface area contributed by atoms with E-state index < -0.39 is 0 Å². The maximum atomic E-state index is 9.63. The van der Waals surface area contributed by atoms with Gasteiger partial charge in [-0.3, -0.25) is 0 Å². The summed E-state index contributed by atoms with van der Waals surface area (Å²) in [5.74, 6) is 0.388. The normalized spacial score (nSPS) is 16.5. The SMILES string of the molecule is CN1CCNCc2c(O)cccc21. The summed E-state index contributed by atoms with van der Waals surface area (Å²) < 4.78 is 0. The number of benzene rings is 1. The third-order valence-corrected chi connectivity index (χ3v) is 2.46. The minimum Gasteiger partial charge on any atom is -0.508 e. The molecular weight excluding hydrogens is 164 g/mol. The molecule has 3 heteroatoms. The Morgan fingerprint density at radius 1 is 1.46 bits per heavy atom. The number of likely N-dealkylation sites (N-methyl/N-ethyl adjacent to an activating group) is 1. The predicted molar refractivity (Wildman–Crippen MR) is 53.1 cm³/mol. The summed E-state index contributed by atoms with van der Waals surface area (Å²) in [7, 11) is 2.05. The van der Waals surface area contributed by atoms with Crippen LogP contribution in [0.5, 0.6) is 5.75 Å². The highest BCUT2D eigenvalue weighted by atomic mass is 16.3. The Morgan fingerprint density at radius 3 is 3.15 bits per heavy atom. The van der Waals surface area contributed by atoms with E-state index in [0.29, 0.717) is 5.75 Å². The van der Waals surface area contributed by atoms with Crippen molar-refractivity contribution in [2.75, 3.05) is 25.0 Å². The highest BCUT2D eigenvalue weighted by Gasteiger charge is 2.13. The third-order valence-electron chi connectivity index (χ3n) is 2.46. The predicted octanol–water partition coefficient (Wildman–Crippen LogP) is 0.932. The van der Waals surface area contributed by atoms with Crippen LogP contribution in [0.3, 0.4) is 0 Å². The Hall–Kier alpha value is -1.22. The average molecular weight is 178 g/mol. The quantitative estimate of drug-likeness (QED) is 0.620. The lowest BCUT2D eigenvalue weighted by atomic mass is 10.1. The van der Waals surface area contributed by atoms with Gasteiger partial charge in [-0.2, -0.15) is 0 Å². The van der Waals surface area contributed by atoms with Crippen LogP contribution in [0, 0.1) is 0 Å². The molecule has 1 aromatic rings. The van der Waals surface area contributed by atoms with Crippen LogP contribution in [0.1, 0.15) is 5.56 Å². The van der Waals surface area contributed by atoms with Gasteiger partial charge in [-0.15, -0.1) is 0 Å². The second kappa shape index (κ2) is 3.26. The van der Waals surface area contributed by atoms with E-state index >= 15 is 0 Å². The number of nitrogens with zero attached hydrogens (tertiary/aromatic N) is 1. The van der Waals surface area contributed by atoms with Crippen LogP contribution in [-0.2, 0) is 6.54 Å². The van der Waals surface area contributed by atoms with Crippen LogP contribution in [0.2, 0.25) is 0 Å². The van der Waals surface area contributed by atoms with Gasteiger partial charge in [0.05, 0.1) is 0 Å². The average Bonchev–Trinajstić information content (AvgIpc) is 2.30. The minimum atomic E-state index is 0.388. The number of aromatic hydroxyl groups is 1. The molecule has 0 saturated heterocycles. The number of phenols is 1. The van der Waals surface area contributed by atoms with Crippen LogP contribution in [0.25, 0.3) is 0 Å². The molecule has 13 heavy (non-hydrogen) atoms. The van der Waals surface area contributed by atoms with Gasteiger partial charge in [-0.25, -0.2) is 0 Å². The van der Waals surface area contributed by atoms with Gasteiger partial charge in [0.2, 0.25) is 0 Å². The van der Waals surface area contributed by atoms with Gasteiger partial charge in [0.15, 0.2) is 0 Å². The molecule has 2 rings (SSSR count). The fourth-order valence-corrected chi connectivity index (χ4v) is 1.68. The summed E-state index contributed by atoms with van der Waals surface area (Å²) in [4.78, 5) is 2.16. The molecule has 1 aliphatic heterocycles. The molecule has 70 valence electrons.